The second-order valence-electron chi connectivity index (χ2n) is 6.80. The highest BCUT2D eigenvalue weighted by Gasteiger charge is 2.37. The fraction of sp³-hybridized carbons (Fsp3) is 0.647. The third-order valence-corrected chi connectivity index (χ3v) is 4.96. The predicted octanol–water partition coefficient (Wildman–Crippen LogP) is 1.12. The summed E-state index contributed by atoms with van der Waals surface area (Å²) in [6.45, 7) is 8.59. The third-order valence-electron chi connectivity index (χ3n) is 4.96. The van der Waals surface area contributed by atoms with E-state index in [0.717, 1.165) is 31.7 Å². The first kappa shape index (κ1) is 16.4. The molecule has 0 aromatic heterocycles. The third kappa shape index (κ3) is 3.46. The summed E-state index contributed by atoms with van der Waals surface area (Å²) in [5.41, 5.74) is 0.920. The molecule has 21 heavy (non-hydrogen) atoms. The molecule has 1 heterocycles. The van der Waals surface area contributed by atoms with Gasteiger partial charge in [0, 0.05) is 31.7 Å². The molecule has 0 aliphatic carbocycles. The van der Waals surface area contributed by atoms with Crippen LogP contribution < -0.4 is 5.32 Å². The molecule has 0 spiro atoms. The quantitative estimate of drug-likeness (QED) is 0.853. The van der Waals surface area contributed by atoms with Crippen LogP contribution in [0.5, 0.6) is 0 Å². The highest BCUT2D eigenvalue weighted by molar-refractivity contribution is 5.25. The number of piperazine rings is 1. The Labute approximate surface area is 128 Å². The van der Waals surface area contributed by atoms with Gasteiger partial charge < -0.3 is 10.4 Å². The normalized spacial score (nSPS) is 22.9. The Balaban J connectivity index is 2.18. The lowest BCUT2D eigenvalue weighted by molar-refractivity contribution is 0.0145. The second-order valence-corrected chi connectivity index (χ2v) is 6.80. The molecule has 0 bridgehead atoms. The van der Waals surface area contributed by atoms with Crippen molar-refractivity contribution in [2.45, 2.75) is 24.9 Å². The van der Waals surface area contributed by atoms with Crippen molar-refractivity contribution in [3.63, 3.8) is 0 Å². The molecule has 4 heteroatoms. The number of aliphatic hydroxyl groups excluding tert-OH is 1. The highest BCUT2D eigenvalue weighted by Crippen LogP contribution is 2.25. The summed E-state index contributed by atoms with van der Waals surface area (Å²) in [6.07, 6.45) is 0. The van der Waals surface area contributed by atoms with E-state index in [-0.39, 0.29) is 12.1 Å². The van der Waals surface area contributed by atoms with E-state index in [2.05, 4.69) is 48.1 Å². The Morgan fingerprint density at radius 1 is 1.24 bits per heavy atom. The lowest BCUT2D eigenvalue weighted by Gasteiger charge is -2.48. The van der Waals surface area contributed by atoms with Gasteiger partial charge >= 0.3 is 0 Å². The Morgan fingerprint density at radius 2 is 1.90 bits per heavy atom. The van der Waals surface area contributed by atoms with Crippen LogP contribution in [0.15, 0.2) is 30.3 Å². The van der Waals surface area contributed by atoms with Gasteiger partial charge in [-0.2, -0.15) is 0 Å². The molecule has 1 aromatic carbocycles. The number of aliphatic hydroxyl groups is 1. The molecular weight excluding hydrogens is 262 g/mol. The van der Waals surface area contributed by atoms with E-state index < -0.39 is 5.54 Å². The van der Waals surface area contributed by atoms with Crippen LogP contribution in [0.2, 0.25) is 0 Å². The summed E-state index contributed by atoms with van der Waals surface area (Å²) >= 11 is 0. The van der Waals surface area contributed by atoms with E-state index in [1.807, 2.05) is 25.2 Å². The summed E-state index contributed by atoms with van der Waals surface area (Å²) in [6, 6.07) is 10.3. The van der Waals surface area contributed by atoms with Gasteiger partial charge in [-0.15, -0.1) is 0 Å². The summed E-state index contributed by atoms with van der Waals surface area (Å²) in [4.78, 5) is 4.87. The molecule has 1 aliphatic rings. The maximum absolute atomic E-state index is 10.0. The van der Waals surface area contributed by atoms with E-state index in [4.69, 9.17) is 0 Å². The minimum absolute atomic E-state index is 0.0975. The molecule has 2 rings (SSSR count). The van der Waals surface area contributed by atoms with Crippen LogP contribution >= 0.6 is 0 Å². The monoisotopic (exact) mass is 291 g/mol. The molecule has 118 valence electrons. The van der Waals surface area contributed by atoms with E-state index in [0.29, 0.717) is 0 Å². The molecule has 0 saturated carbocycles. The van der Waals surface area contributed by atoms with Crippen LogP contribution in [0.1, 0.15) is 19.4 Å². The lowest BCUT2D eigenvalue weighted by atomic mass is 9.88. The van der Waals surface area contributed by atoms with Crippen LogP contribution in [-0.2, 0) is 5.54 Å². The molecule has 0 amide bonds. The smallest absolute Gasteiger partial charge is 0.0795 e. The number of nitrogens with one attached hydrogen (secondary N) is 1. The largest absolute Gasteiger partial charge is 0.394 e. The molecule has 2 N–H and O–H groups in total. The van der Waals surface area contributed by atoms with Crippen LogP contribution in [-0.4, -0.2) is 67.3 Å². The zero-order valence-corrected chi connectivity index (χ0v) is 13.8. The van der Waals surface area contributed by atoms with Gasteiger partial charge in [-0.05, 0) is 33.5 Å². The minimum atomic E-state index is -0.396. The SMILES string of the molecule is CNC(CO)(CN1CCN(C)C(C)(C)C1)c1ccccc1. The van der Waals surface area contributed by atoms with Crippen LogP contribution in [0.25, 0.3) is 0 Å². The van der Waals surface area contributed by atoms with Crippen LogP contribution in [0.4, 0.5) is 0 Å². The molecular formula is C17H29N3O. The zero-order chi connectivity index (χ0) is 15.5. The molecule has 1 aliphatic heterocycles. The van der Waals surface area contributed by atoms with Crippen molar-refractivity contribution in [3.8, 4) is 0 Å². The van der Waals surface area contributed by atoms with Gasteiger partial charge in [0.2, 0.25) is 0 Å². The van der Waals surface area contributed by atoms with Gasteiger partial charge in [0.25, 0.3) is 0 Å². The molecule has 1 aromatic rings. The van der Waals surface area contributed by atoms with E-state index in [9.17, 15) is 5.11 Å². The first-order valence-electron chi connectivity index (χ1n) is 7.72. The van der Waals surface area contributed by atoms with E-state index in [1.165, 1.54) is 0 Å². The molecule has 1 unspecified atom stereocenters. The van der Waals surface area contributed by atoms with Crippen molar-refractivity contribution in [2.75, 3.05) is 46.9 Å². The van der Waals surface area contributed by atoms with E-state index in [1.54, 1.807) is 0 Å². The topological polar surface area (TPSA) is 38.7 Å². The maximum Gasteiger partial charge on any atom is 0.0795 e. The Kier molecular flexibility index (Phi) is 5.04. The predicted molar refractivity (Wildman–Crippen MR) is 87.4 cm³/mol. The summed E-state index contributed by atoms with van der Waals surface area (Å²) < 4.78 is 0. The number of rotatable bonds is 5. The van der Waals surface area contributed by atoms with Gasteiger partial charge in [0.15, 0.2) is 0 Å². The number of hydrogen-bond donors (Lipinski definition) is 2. The van der Waals surface area contributed by atoms with Gasteiger partial charge in [-0.25, -0.2) is 0 Å². The summed E-state index contributed by atoms with van der Waals surface area (Å²) in [7, 11) is 4.12. The fourth-order valence-corrected chi connectivity index (χ4v) is 3.15. The molecule has 1 fully saturated rings. The van der Waals surface area contributed by atoms with Crippen molar-refractivity contribution in [2.24, 2.45) is 0 Å². The van der Waals surface area contributed by atoms with E-state index >= 15 is 0 Å². The lowest BCUT2D eigenvalue weighted by Crippen LogP contribution is -2.62. The van der Waals surface area contributed by atoms with Gasteiger partial charge in [-0.3, -0.25) is 9.80 Å². The van der Waals surface area contributed by atoms with Crippen molar-refractivity contribution < 1.29 is 5.11 Å². The molecule has 4 nitrogen and oxygen atoms in total. The molecule has 0 radical (unpaired) electrons. The molecule has 1 saturated heterocycles. The maximum atomic E-state index is 10.0. The summed E-state index contributed by atoms with van der Waals surface area (Å²) in [5.74, 6) is 0. The minimum Gasteiger partial charge on any atom is -0.394 e. The first-order chi connectivity index (χ1) is 9.93. The van der Waals surface area contributed by atoms with Crippen molar-refractivity contribution in [1.29, 1.82) is 0 Å². The van der Waals surface area contributed by atoms with Crippen molar-refractivity contribution >= 4 is 0 Å². The molecule has 1 atom stereocenters. The number of likely N-dealkylation sites (N-methyl/N-ethyl adjacent to an activating group) is 2. The van der Waals surface area contributed by atoms with Gasteiger partial charge in [0.05, 0.1) is 12.1 Å². The Bertz CT molecular complexity index is 443. The van der Waals surface area contributed by atoms with Crippen molar-refractivity contribution in [1.82, 2.24) is 15.1 Å². The Morgan fingerprint density at radius 3 is 2.43 bits per heavy atom. The van der Waals surface area contributed by atoms with Crippen LogP contribution in [0.3, 0.4) is 0 Å². The first-order valence-corrected chi connectivity index (χ1v) is 7.72. The van der Waals surface area contributed by atoms with Crippen molar-refractivity contribution in [3.05, 3.63) is 35.9 Å². The summed E-state index contributed by atoms with van der Waals surface area (Å²) in [5, 5.41) is 13.4. The fourth-order valence-electron chi connectivity index (χ4n) is 3.15. The average Bonchev–Trinajstić information content (AvgIpc) is 2.49. The van der Waals surface area contributed by atoms with Crippen LogP contribution in [0, 0.1) is 0 Å². The Hall–Kier alpha value is -0.940. The number of nitrogens with zero attached hydrogens (tertiary/aromatic N) is 2. The second kappa shape index (κ2) is 6.44. The van der Waals surface area contributed by atoms with Gasteiger partial charge in [-0.1, -0.05) is 30.3 Å². The average molecular weight is 291 g/mol. The van der Waals surface area contributed by atoms with Gasteiger partial charge in [0.1, 0.15) is 0 Å². The highest BCUT2D eigenvalue weighted by atomic mass is 16.3. The number of hydrogen-bond acceptors (Lipinski definition) is 4. The number of benzene rings is 1. The zero-order valence-electron chi connectivity index (χ0n) is 13.8. The standard InChI is InChI=1S/C17H29N3O/c1-16(2)12-20(11-10-19(16)4)13-17(14-21,18-3)15-8-6-5-7-9-15/h5-9,18,21H,10-14H2,1-4H3.